The first-order valence-electron chi connectivity index (χ1n) is 14.6. The monoisotopic (exact) mass is 460 g/mol. The quantitative estimate of drug-likeness (QED) is 0.344. The molecular weight excluding hydrogens is 404 g/mol. The van der Waals surface area contributed by atoms with Gasteiger partial charge in [-0.2, -0.15) is 0 Å². The van der Waals surface area contributed by atoms with Crippen molar-refractivity contribution >= 4 is 8.32 Å². The lowest BCUT2D eigenvalue weighted by Gasteiger charge is -2.63. The second-order valence-corrected chi connectivity index (χ2v) is 19.2. The lowest BCUT2D eigenvalue weighted by molar-refractivity contribution is -0.159. The van der Waals surface area contributed by atoms with Crippen LogP contribution in [0.4, 0.5) is 0 Å². The van der Waals surface area contributed by atoms with Gasteiger partial charge in [0.1, 0.15) is 0 Å². The van der Waals surface area contributed by atoms with Gasteiger partial charge in [0.05, 0.1) is 6.10 Å². The molecule has 0 spiro atoms. The van der Waals surface area contributed by atoms with Crippen LogP contribution in [0.3, 0.4) is 0 Å². The van der Waals surface area contributed by atoms with Crippen molar-refractivity contribution in [3.05, 3.63) is 0 Å². The van der Waals surface area contributed by atoms with E-state index in [-0.39, 0.29) is 0 Å². The van der Waals surface area contributed by atoms with Gasteiger partial charge < -0.3 is 4.43 Å². The Bertz CT molecular complexity index is 637. The van der Waals surface area contributed by atoms with Crippen LogP contribution in [0.2, 0.25) is 19.6 Å². The van der Waals surface area contributed by atoms with Gasteiger partial charge in [0.25, 0.3) is 0 Å². The van der Waals surface area contributed by atoms with Crippen molar-refractivity contribution in [3.8, 4) is 0 Å². The molecule has 0 saturated heterocycles. The molecule has 0 N–H and O–H groups in total. The first kappa shape index (κ1) is 25.3. The maximum absolute atomic E-state index is 7.00. The zero-order chi connectivity index (χ0) is 23.3. The van der Waals surface area contributed by atoms with Gasteiger partial charge in [-0.15, -0.1) is 0 Å². The predicted octanol–water partition coefficient (Wildman–Crippen LogP) is 9.33. The predicted molar refractivity (Wildman–Crippen MR) is 141 cm³/mol. The van der Waals surface area contributed by atoms with Gasteiger partial charge in [-0.1, -0.05) is 60.3 Å². The number of rotatable bonds is 7. The van der Waals surface area contributed by atoms with E-state index in [0.29, 0.717) is 16.9 Å². The fraction of sp³-hybridized carbons (Fsp3) is 1.00. The molecule has 0 heterocycles. The Morgan fingerprint density at radius 3 is 2.28 bits per heavy atom. The van der Waals surface area contributed by atoms with Crippen molar-refractivity contribution in [2.45, 2.75) is 137 Å². The molecule has 186 valence electrons. The summed E-state index contributed by atoms with van der Waals surface area (Å²) in [6.07, 6.45) is 18.1. The highest BCUT2D eigenvalue weighted by atomic mass is 28.4. The van der Waals surface area contributed by atoms with Gasteiger partial charge in [-0.3, -0.25) is 0 Å². The fourth-order valence-electron chi connectivity index (χ4n) is 9.92. The minimum absolute atomic E-state index is 0.448. The lowest BCUT2D eigenvalue weighted by atomic mass is 9.44. The van der Waals surface area contributed by atoms with E-state index < -0.39 is 8.32 Å². The van der Waals surface area contributed by atoms with Crippen molar-refractivity contribution in [3.63, 3.8) is 0 Å². The lowest BCUT2D eigenvalue weighted by Crippen LogP contribution is -2.59. The van der Waals surface area contributed by atoms with E-state index in [0.717, 1.165) is 41.4 Å². The summed E-state index contributed by atoms with van der Waals surface area (Å²) in [5.41, 5.74) is 1.06. The van der Waals surface area contributed by atoms with E-state index >= 15 is 0 Å². The molecule has 32 heavy (non-hydrogen) atoms. The average Bonchev–Trinajstić information content (AvgIpc) is 3.04. The molecule has 0 aliphatic heterocycles. The second kappa shape index (κ2) is 9.33. The average molecular weight is 461 g/mol. The van der Waals surface area contributed by atoms with E-state index in [1.165, 1.54) is 77.0 Å². The van der Waals surface area contributed by atoms with E-state index in [9.17, 15) is 0 Å². The topological polar surface area (TPSA) is 9.23 Å². The molecular formula is C30H56OSi. The van der Waals surface area contributed by atoms with Gasteiger partial charge in [-0.05, 0) is 123 Å². The maximum Gasteiger partial charge on any atom is 0.184 e. The summed E-state index contributed by atoms with van der Waals surface area (Å²) in [6.45, 7) is 20.1. The van der Waals surface area contributed by atoms with E-state index in [4.69, 9.17) is 4.43 Å². The van der Waals surface area contributed by atoms with Gasteiger partial charge in [0.2, 0.25) is 0 Å². The molecule has 4 fully saturated rings. The van der Waals surface area contributed by atoms with Crippen molar-refractivity contribution < 1.29 is 4.43 Å². The zero-order valence-electron chi connectivity index (χ0n) is 23.0. The van der Waals surface area contributed by atoms with Crippen LogP contribution in [-0.4, -0.2) is 14.4 Å². The first-order valence-corrected chi connectivity index (χ1v) is 18.1. The standard InChI is InChI=1S/C30H56OSi/c1-21(2)11-9-12-22(3)25-17-18-26-24-16-15-23-13-10-14-28(31-32(6,7)8)30(23,5)27(24)19-20-29(25,26)4/h21-28H,9-20H2,1-8H3/t22-,23-,24+,25-,26+,27+,28+,29-,30+/m1/s1. The van der Waals surface area contributed by atoms with Crippen molar-refractivity contribution in [2.75, 3.05) is 0 Å². The Morgan fingerprint density at radius 2 is 1.59 bits per heavy atom. The largest absolute Gasteiger partial charge is 0.414 e. The normalized spacial score (nSPS) is 45.3. The number of hydrogen-bond donors (Lipinski definition) is 0. The first-order chi connectivity index (χ1) is 15.0. The third kappa shape index (κ3) is 4.55. The molecule has 0 amide bonds. The van der Waals surface area contributed by atoms with Crippen molar-refractivity contribution in [2.24, 2.45) is 52.3 Å². The molecule has 2 heteroatoms. The van der Waals surface area contributed by atoms with Gasteiger partial charge in [0, 0.05) is 0 Å². The molecule has 4 rings (SSSR count). The summed E-state index contributed by atoms with van der Waals surface area (Å²) < 4.78 is 7.00. The third-order valence-electron chi connectivity index (χ3n) is 11.4. The number of hydrogen-bond acceptors (Lipinski definition) is 1. The molecule has 4 saturated carbocycles. The summed E-state index contributed by atoms with van der Waals surface area (Å²) >= 11 is 0. The molecule has 0 radical (unpaired) electrons. The Kier molecular flexibility index (Phi) is 7.37. The summed E-state index contributed by atoms with van der Waals surface area (Å²) in [5.74, 6) is 6.59. The Hall–Kier alpha value is 0.177. The minimum atomic E-state index is -1.51. The zero-order valence-corrected chi connectivity index (χ0v) is 24.0. The highest BCUT2D eigenvalue weighted by molar-refractivity contribution is 6.69. The number of fused-ring (bicyclic) bond motifs is 5. The Morgan fingerprint density at radius 1 is 0.844 bits per heavy atom. The van der Waals surface area contributed by atoms with Gasteiger partial charge >= 0.3 is 0 Å². The fourth-order valence-corrected chi connectivity index (χ4v) is 11.1. The molecule has 4 aliphatic carbocycles. The highest BCUT2D eigenvalue weighted by Gasteiger charge is 2.62. The smallest absolute Gasteiger partial charge is 0.184 e. The third-order valence-corrected chi connectivity index (χ3v) is 12.4. The molecule has 0 bridgehead atoms. The van der Waals surface area contributed by atoms with E-state index in [1.54, 1.807) is 0 Å². The summed E-state index contributed by atoms with van der Waals surface area (Å²) in [4.78, 5) is 0. The molecule has 0 aromatic rings. The Balaban J connectivity index is 1.52. The molecule has 0 aromatic heterocycles. The summed E-state index contributed by atoms with van der Waals surface area (Å²) in [5, 5.41) is 0. The van der Waals surface area contributed by atoms with Crippen LogP contribution in [0.1, 0.15) is 112 Å². The van der Waals surface area contributed by atoms with Crippen LogP contribution in [0.25, 0.3) is 0 Å². The van der Waals surface area contributed by atoms with Crippen molar-refractivity contribution in [1.29, 1.82) is 0 Å². The van der Waals surface area contributed by atoms with Crippen molar-refractivity contribution in [1.82, 2.24) is 0 Å². The molecule has 4 aliphatic rings. The van der Waals surface area contributed by atoms with Crippen LogP contribution < -0.4 is 0 Å². The van der Waals surface area contributed by atoms with Crippen LogP contribution >= 0.6 is 0 Å². The van der Waals surface area contributed by atoms with E-state index in [2.05, 4.69) is 54.3 Å². The van der Waals surface area contributed by atoms with Crippen LogP contribution in [0.5, 0.6) is 0 Å². The molecule has 9 atom stereocenters. The van der Waals surface area contributed by atoms with Gasteiger partial charge in [-0.25, -0.2) is 0 Å². The Labute approximate surface area is 202 Å². The maximum atomic E-state index is 7.00. The summed E-state index contributed by atoms with van der Waals surface area (Å²) in [7, 11) is -1.51. The second-order valence-electron chi connectivity index (χ2n) is 14.7. The van der Waals surface area contributed by atoms with Crippen LogP contribution in [0, 0.1) is 52.3 Å². The molecule has 0 aromatic carbocycles. The van der Waals surface area contributed by atoms with E-state index in [1.807, 2.05) is 0 Å². The highest BCUT2D eigenvalue weighted by Crippen LogP contribution is 2.68. The van der Waals surface area contributed by atoms with Crippen LogP contribution in [0.15, 0.2) is 0 Å². The minimum Gasteiger partial charge on any atom is -0.414 e. The SMILES string of the molecule is CC(C)CCC[C@@H](C)[C@H]1CC[C@H]2[C@@H]3CC[C@H]4CCC[C@H](O[Si](C)(C)C)[C@]4(C)[C@H]3CC[C@]12C. The molecule has 1 nitrogen and oxygen atoms in total. The van der Waals surface area contributed by atoms with Gasteiger partial charge in [0.15, 0.2) is 8.32 Å². The summed E-state index contributed by atoms with van der Waals surface area (Å²) in [6, 6.07) is 0. The molecule has 0 unspecified atom stereocenters. The van der Waals surface area contributed by atoms with Crippen LogP contribution in [-0.2, 0) is 4.43 Å².